The van der Waals surface area contributed by atoms with Crippen molar-refractivity contribution < 1.29 is 22.7 Å². The van der Waals surface area contributed by atoms with Crippen LogP contribution in [0.2, 0.25) is 0 Å². The summed E-state index contributed by atoms with van der Waals surface area (Å²) in [7, 11) is -3.52. The molecule has 1 aliphatic heterocycles. The van der Waals surface area contributed by atoms with E-state index in [4.69, 9.17) is 4.74 Å². The smallest absolute Gasteiger partial charge is 0.331 e. The lowest BCUT2D eigenvalue weighted by Crippen LogP contribution is -2.27. The normalized spacial score (nSPS) is 15.2. The minimum Gasteiger partial charge on any atom is -0.454 e. The van der Waals surface area contributed by atoms with E-state index < -0.39 is 28.4 Å². The fourth-order valence-corrected chi connectivity index (χ4v) is 4.87. The summed E-state index contributed by atoms with van der Waals surface area (Å²) in [5, 5.41) is 2.69. The van der Waals surface area contributed by atoms with Crippen LogP contribution in [0.4, 0.5) is 0 Å². The zero-order valence-corrected chi connectivity index (χ0v) is 17.0. The molecule has 28 heavy (non-hydrogen) atoms. The zero-order chi connectivity index (χ0) is 20.1. The summed E-state index contributed by atoms with van der Waals surface area (Å²) in [6.45, 7) is 2.48. The van der Waals surface area contributed by atoms with Crippen LogP contribution in [-0.2, 0) is 19.6 Å². The van der Waals surface area contributed by atoms with Crippen LogP contribution in [0.3, 0.4) is 0 Å². The van der Waals surface area contributed by atoms with Crippen molar-refractivity contribution in [1.29, 1.82) is 0 Å². The standard InChI is InChI=1S/C19H20N2O5S2/c1-14-20-16(13-27-14)6-9-19(23)26-12-18(22)15-4-7-17(8-5-15)28(24,25)21-10-2-3-11-21/h4-9,13H,2-3,10-12H2,1H3/b9-6+. The van der Waals surface area contributed by atoms with Gasteiger partial charge in [-0.1, -0.05) is 0 Å². The highest BCUT2D eigenvalue weighted by atomic mass is 32.2. The molecule has 0 atom stereocenters. The number of carbonyl (C=O) groups is 2. The van der Waals surface area contributed by atoms with Gasteiger partial charge in [-0.2, -0.15) is 4.31 Å². The second kappa shape index (κ2) is 8.76. The van der Waals surface area contributed by atoms with E-state index in [0.29, 0.717) is 18.8 Å². The summed E-state index contributed by atoms with van der Waals surface area (Å²) in [4.78, 5) is 28.2. The maximum atomic E-state index is 12.5. The first-order chi connectivity index (χ1) is 13.4. The third-order valence-corrected chi connectivity index (χ3v) is 6.96. The fraction of sp³-hybridized carbons (Fsp3) is 0.316. The number of thiazole rings is 1. The minimum atomic E-state index is -3.52. The van der Waals surface area contributed by atoms with Gasteiger partial charge in [0.2, 0.25) is 10.0 Å². The molecule has 1 aromatic heterocycles. The van der Waals surface area contributed by atoms with E-state index in [1.54, 1.807) is 0 Å². The average Bonchev–Trinajstić information content (AvgIpc) is 3.36. The Bertz CT molecular complexity index is 988. The molecule has 3 rings (SSSR count). The molecule has 1 saturated heterocycles. The van der Waals surface area contributed by atoms with Gasteiger partial charge in [-0.25, -0.2) is 18.2 Å². The Morgan fingerprint density at radius 1 is 1.21 bits per heavy atom. The van der Waals surface area contributed by atoms with Crippen LogP contribution in [0.5, 0.6) is 0 Å². The second-order valence-corrected chi connectivity index (χ2v) is 9.29. The zero-order valence-electron chi connectivity index (χ0n) is 15.3. The van der Waals surface area contributed by atoms with Crippen molar-refractivity contribution in [2.75, 3.05) is 19.7 Å². The molecule has 2 heterocycles. The number of ketones is 1. The van der Waals surface area contributed by atoms with Crippen LogP contribution >= 0.6 is 11.3 Å². The molecule has 9 heteroatoms. The number of aromatic nitrogens is 1. The van der Waals surface area contributed by atoms with Crippen LogP contribution < -0.4 is 0 Å². The summed E-state index contributed by atoms with van der Waals surface area (Å²) >= 11 is 1.47. The Hall–Kier alpha value is -2.36. The predicted octanol–water partition coefficient (Wildman–Crippen LogP) is 2.68. The Morgan fingerprint density at radius 3 is 2.50 bits per heavy atom. The van der Waals surface area contributed by atoms with Crippen molar-refractivity contribution in [3.63, 3.8) is 0 Å². The maximum absolute atomic E-state index is 12.5. The number of esters is 1. The van der Waals surface area contributed by atoms with E-state index >= 15 is 0 Å². The highest BCUT2D eigenvalue weighted by Crippen LogP contribution is 2.21. The number of hydrogen-bond donors (Lipinski definition) is 0. The molecule has 1 aliphatic rings. The van der Waals surface area contributed by atoms with Gasteiger partial charge in [0.25, 0.3) is 0 Å². The van der Waals surface area contributed by atoms with Gasteiger partial charge in [-0.15, -0.1) is 11.3 Å². The van der Waals surface area contributed by atoms with Crippen LogP contribution in [0, 0.1) is 6.92 Å². The van der Waals surface area contributed by atoms with Crippen molar-refractivity contribution in [2.45, 2.75) is 24.7 Å². The highest BCUT2D eigenvalue weighted by Gasteiger charge is 2.27. The van der Waals surface area contributed by atoms with E-state index in [1.165, 1.54) is 52.1 Å². The molecule has 148 valence electrons. The highest BCUT2D eigenvalue weighted by molar-refractivity contribution is 7.89. The molecule has 0 radical (unpaired) electrons. The first-order valence-corrected chi connectivity index (χ1v) is 11.1. The quantitative estimate of drug-likeness (QED) is 0.388. The van der Waals surface area contributed by atoms with Gasteiger partial charge in [0.1, 0.15) is 0 Å². The molecule has 0 bridgehead atoms. The number of nitrogens with zero attached hydrogens (tertiary/aromatic N) is 2. The van der Waals surface area contributed by atoms with Gasteiger partial charge < -0.3 is 4.74 Å². The Balaban J connectivity index is 1.56. The Morgan fingerprint density at radius 2 is 1.89 bits per heavy atom. The van der Waals surface area contributed by atoms with Gasteiger partial charge in [0.15, 0.2) is 12.4 Å². The van der Waals surface area contributed by atoms with E-state index in [2.05, 4.69) is 4.98 Å². The largest absolute Gasteiger partial charge is 0.454 e. The molecule has 0 N–H and O–H groups in total. The van der Waals surface area contributed by atoms with Crippen LogP contribution in [0.25, 0.3) is 6.08 Å². The summed E-state index contributed by atoms with van der Waals surface area (Å²) in [6, 6.07) is 5.69. The maximum Gasteiger partial charge on any atom is 0.331 e. The monoisotopic (exact) mass is 420 g/mol. The Kier molecular flexibility index (Phi) is 6.38. The average molecular weight is 421 g/mol. The first-order valence-electron chi connectivity index (χ1n) is 8.76. The van der Waals surface area contributed by atoms with Gasteiger partial charge in [-0.3, -0.25) is 4.79 Å². The van der Waals surface area contributed by atoms with Crippen LogP contribution in [0.15, 0.2) is 40.6 Å². The molecule has 7 nitrogen and oxygen atoms in total. The minimum absolute atomic E-state index is 0.157. The van der Waals surface area contributed by atoms with E-state index in [9.17, 15) is 18.0 Å². The number of ether oxygens (including phenoxy) is 1. The second-order valence-electron chi connectivity index (χ2n) is 6.29. The number of sulfonamides is 1. The fourth-order valence-electron chi connectivity index (χ4n) is 2.77. The van der Waals surface area contributed by atoms with Gasteiger partial charge in [-0.05, 0) is 50.1 Å². The van der Waals surface area contributed by atoms with E-state index in [0.717, 1.165) is 17.8 Å². The van der Waals surface area contributed by atoms with Gasteiger partial charge in [0.05, 0.1) is 15.6 Å². The molecule has 0 aliphatic carbocycles. The predicted molar refractivity (Wildman–Crippen MR) is 106 cm³/mol. The number of rotatable bonds is 7. The summed E-state index contributed by atoms with van der Waals surface area (Å²) in [5.41, 5.74) is 0.938. The van der Waals surface area contributed by atoms with E-state index in [1.807, 2.05) is 12.3 Å². The first kappa shape index (κ1) is 20.4. The van der Waals surface area contributed by atoms with Gasteiger partial charge >= 0.3 is 5.97 Å². The molecule has 1 fully saturated rings. The van der Waals surface area contributed by atoms with E-state index in [-0.39, 0.29) is 10.5 Å². The molecule has 0 spiro atoms. The van der Waals surface area contributed by atoms with Crippen molar-refractivity contribution >= 4 is 39.2 Å². The molecule has 1 aromatic carbocycles. The Labute approximate surface area is 167 Å². The number of benzene rings is 1. The van der Waals surface area contributed by atoms with Crippen LogP contribution in [0.1, 0.15) is 33.9 Å². The third kappa shape index (κ3) is 4.92. The molecule has 0 saturated carbocycles. The number of aryl methyl sites for hydroxylation is 1. The SMILES string of the molecule is Cc1nc(/C=C/C(=O)OCC(=O)c2ccc(S(=O)(=O)N3CCCC3)cc2)cs1. The lowest BCUT2D eigenvalue weighted by molar-refractivity contribution is -0.136. The molecule has 0 amide bonds. The van der Waals surface area contributed by atoms with Gasteiger partial charge in [0, 0.05) is 30.1 Å². The van der Waals surface area contributed by atoms with Crippen molar-refractivity contribution in [3.8, 4) is 0 Å². The van der Waals surface area contributed by atoms with Crippen molar-refractivity contribution in [2.24, 2.45) is 0 Å². The number of Topliss-reactive ketones (excluding diaryl/α,β-unsaturated/α-hetero) is 1. The summed E-state index contributed by atoms with van der Waals surface area (Å²) in [6.07, 6.45) is 4.46. The summed E-state index contributed by atoms with van der Waals surface area (Å²) in [5.74, 6) is -1.05. The van der Waals surface area contributed by atoms with Crippen molar-refractivity contribution in [1.82, 2.24) is 9.29 Å². The topological polar surface area (TPSA) is 93.6 Å². The van der Waals surface area contributed by atoms with Crippen LogP contribution in [-0.4, -0.2) is 49.2 Å². The molecule has 2 aromatic rings. The molecular weight excluding hydrogens is 400 g/mol. The number of carbonyl (C=O) groups excluding carboxylic acids is 2. The van der Waals surface area contributed by atoms with Crippen molar-refractivity contribution in [3.05, 3.63) is 52.0 Å². The molecule has 0 unspecified atom stereocenters. The summed E-state index contributed by atoms with van der Waals surface area (Å²) < 4.78 is 31.3. The lowest BCUT2D eigenvalue weighted by Gasteiger charge is -2.15. The number of hydrogen-bond acceptors (Lipinski definition) is 7. The third-order valence-electron chi connectivity index (χ3n) is 4.25. The molecular formula is C19H20N2O5S2. The lowest BCUT2D eigenvalue weighted by atomic mass is 10.1.